The van der Waals surface area contributed by atoms with Crippen LogP contribution >= 0.6 is 11.3 Å². The molecule has 1 N–H and O–H groups in total. The van der Waals surface area contributed by atoms with Crippen LogP contribution in [0.1, 0.15) is 28.2 Å². The van der Waals surface area contributed by atoms with Crippen LogP contribution in [0.25, 0.3) is 10.8 Å². The van der Waals surface area contributed by atoms with E-state index in [0.29, 0.717) is 13.1 Å². The van der Waals surface area contributed by atoms with Crippen molar-refractivity contribution in [3.63, 3.8) is 0 Å². The van der Waals surface area contributed by atoms with E-state index in [9.17, 15) is 9.59 Å². The molecule has 4 aromatic rings. The average Bonchev–Trinajstić information content (AvgIpc) is 3.63. The fourth-order valence-electron chi connectivity index (χ4n) is 4.31. The lowest BCUT2D eigenvalue weighted by Gasteiger charge is -2.28. The minimum absolute atomic E-state index is 0.0418. The topological polar surface area (TPSA) is 52.7 Å². The first-order chi connectivity index (χ1) is 17.1. The molecule has 1 aliphatic carbocycles. The highest BCUT2D eigenvalue weighted by molar-refractivity contribution is 7.11. The number of thiophene rings is 1. The minimum Gasteiger partial charge on any atom is -0.332 e. The SMILES string of the molecule is Cc1ccc(CN(Cc2ccccc2)C(=O)CN(C(=O)Nc2cccc3ccccc23)C2CC2)s1. The molecule has 0 spiro atoms. The van der Waals surface area contributed by atoms with Crippen LogP contribution in [0.4, 0.5) is 10.5 Å². The molecular formula is C29H29N3O2S. The Morgan fingerprint density at radius 2 is 1.63 bits per heavy atom. The number of carbonyl (C=O) groups excluding carboxylic acids is 2. The fraction of sp³-hybridized carbons (Fsp3) is 0.241. The number of aryl methyl sites for hydroxylation is 1. The normalized spacial score (nSPS) is 12.9. The Kier molecular flexibility index (Phi) is 6.82. The Labute approximate surface area is 210 Å². The lowest BCUT2D eigenvalue weighted by atomic mass is 10.1. The summed E-state index contributed by atoms with van der Waals surface area (Å²) in [6, 6.07) is 27.9. The lowest BCUT2D eigenvalue weighted by Crippen LogP contribution is -2.45. The van der Waals surface area contributed by atoms with Gasteiger partial charge in [-0.1, -0.05) is 66.7 Å². The largest absolute Gasteiger partial charge is 0.332 e. The minimum atomic E-state index is -0.219. The molecule has 3 amide bonds. The average molecular weight is 484 g/mol. The number of fused-ring (bicyclic) bond motifs is 1. The number of nitrogens with zero attached hydrogens (tertiary/aromatic N) is 2. The summed E-state index contributed by atoms with van der Waals surface area (Å²) in [6.45, 7) is 3.19. The van der Waals surface area contributed by atoms with Gasteiger partial charge >= 0.3 is 6.03 Å². The van der Waals surface area contributed by atoms with Crippen molar-refractivity contribution in [2.24, 2.45) is 0 Å². The second-order valence-electron chi connectivity index (χ2n) is 9.06. The zero-order valence-corrected chi connectivity index (χ0v) is 20.6. The van der Waals surface area contributed by atoms with Crippen LogP contribution in [0, 0.1) is 6.92 Å². The molecule has 5 nitrogen and oxygen atoms in total. The summed E-state index contributed by atoms with van der Waals surface area (Å²) < 4.78 is 0. The third-order valence-corrected chi connectivity index (χ3v) is 7.28. The van der Waals surface area contributed by atoms with Gasteiger partial charge in [-0.05, 0) is 48.9 Å². The molecule has 0 atom stereocenters. The Balaban J connectivity index is 1.34. The first-order valence-corrected chi connectivity index (χ1v) is 12.8. The third kappa shape index (κ3) is 5.72. The monoisotopic (exact) mass is 483 g/mol. The van der Waals surface area contributed by atoms with E-state index in [-0.39, 0.29) is 24.5 Å². The van der Waals surface area contributed by atoms with Crippen molar-refractivity contribution in [1.29, 1.82) is 0 Å². The van der Waals surface area contributed by atoms with E-state index < -0.39 is 0 Å². The van der Waals surface area contributed by atoms with Crippen LogP contribution in [0.2, 0.25) is 0 Å². The van der Waals surface area contributed by atoms with E-state index in [4.69, 9.17) is 0 Å². The molecule has 0 radical (unpaired) electrons. The van der Waals surface area contributed by atoms with Gasteiger partial charge in [-0.15, -0.1) is 11.3 Å². The fourth-order valence-corrected chi connectivity index (χ4v) is 5.22. The molecule has 0 aliphatic heterocycles. The van der Waals surface area contributed by atoms with E-state index in [2.05, 4.69) is 24.4 Å². The molecule has 35 heavy (non-hydrogen) atoms. The van der Waals surface area contributed by atoms with Gasteiger partial charge in [0.15, 0.2) is 0 Å². The standard InChI is InChI=1S/C29H29N3O2S/c1-21-14-17-25(35-21)19-31(18-22-8-3-2-4-9-22)28(33)20-32(24-15-16-24)29(34)30-27-13-7-11-23-10-5-6-12-26(23)27/h2-14,17,24H,15-16,18-20H2,1H3,(H,30,34). The van der Waals surface area contributed by atoms with E-state index in [1.165, 1.54) is 4.88 Å². The molecule has 1 fully saturated rings. The maximum absolute atomic E-state index is 13.6. The molecule has 1 heterocycles. The molecule has 1 aliphatic rings. The van der Waals surface area contributed by atoms with Crippen molar-refractivity contribution < 1.29 is 9.59 Å². The zero-order chi connectivity index (χ0) is 24.2. The Hall–Kier alpha value is -3.64. The molecule has 0 unspecified atom stereocenters. The summed E-state index contributed by atoms with van der Waals surface area (Å²) in [4.78, 5) is 32.9. The van der Waals surface area contributed by atoms with Gasteiger partial charge in [0.25, 0.3) is 0 Å². The Morgan fingerprint density at radius 1 is 0.886 bits per heavy atom. The van der Waals surface area contributed by atoms with E-state index >= 15 is 0 Å². The number of benzene rings is 3. The second kappa shape index (κ2) is 10.3. The summed E-state index contributed by atoms with van der Waals surface area (Å²) in [6.07, 6.45) is 1.86. The van der Waals surface area contributed by atoms with Crippen molar-refractivity contribution in [2.75, 3.05) is 11.9 Å². The molecular weight excluding hydrogens is 454 g/mol. The maximum Gasteiger partial charge on any atom is 0.322 e. The summed E-state index contributed by atoms with van der Waals surface area (Å²) in [5.74, 6) is -0.0418. The highest BCUT2D eigenvalue weighted by atomic mass is 32.1. The molecule has 6 heteroatoms. The van der Waals surface area contributed by atoms with Gasteiger partial charge in [-0.25, -0.2) is 4.79 Å². The second-order valence-corrected chi connectivity index (χ2v) is 10.4. The van der Waals surface area contributed by atoms with E-state index in [0.717, 1.165) is 39.7 Å². The Morgan fingerprint density at radius 3 is 2.37 bits per heavy atom. The van der Waals surface area contributed by atoms with Crippen LogP contribution in [-0.4, -0.2) is 34.3 Å². The van der Waals surface area contributed by atoms with Crippen LogP contribution in [0.3, 0.4) is 0 Å². The number of urea groups is 1. The van der Waals surface area contributed by atoms with Crippen LogP contribution in [0.5, 0.6) is 0 Å². The first-order valence-electron chi connectivity index (χ1n) is 12.0. The maximum atomic E-state index is 13.6. The number of carbonyl (C=O) groups is 2. The predicted molar refractivity (Wildman–Crippen MR) is 142 cm³/mol. The molecule has 1 aromatic heterocycles. The molecule has 0 bridgehead atoms. The zero-order valence-electron chi connectivity index (χ0n) is 19.8. The molecule has 0 saturated heterocycles. The van der Waals surface area contributed by atoms with Crippen molar-refractivity contribution in [3.8, 4) is 0 Å². The molecule has 1 saturated carbocycles. The quantitative estimate of drug-likeness (QED) is 0.314. The van der Waals surface area contributed by atoms with E-state index in [1.807, 2.05) is 77.7 Å². The van der Waals surface area contributed by atoms with Gasteiger partial charge in [0.2, 0.25) is 5.91 Å². The first kappa shape index (κ1) is 23.1. The number of anilines is 1. The summed E-state index contributed by atoms with van der Waals surface area (Å²) in [5.41, 5.74) is 1.84. The lowest BCUT2D eigenvalue weighted by molar-refractivity contribution is -0.133. The summed E-state index contributed by atoms with van der Waals surface area (Å²) in [7, 11) is 0. The van der Waals surface area contributed by atoms with Crippen LogP contribution in [-0.2, 0) is 17.9 Å². The number of rotatable bonds is 8. The number of hydrogen-bond donors (Lipinski definition) is 1. The van der Waals surface area contributed by atoms with Gasteiger partial charge in [-0.3, -0.25) is 4.79 Å². The van der Waals surface area contributed by atoms with Crippen LogP contribution < -0.4 is 5.32 Å². The predicted octanol–water partition coefficient (Wildman–Crippen LogP) is 6.44. The van der Waals surface area contributed by atoms with Gasteiger partial charge in [0.05, 0.1) is 12.2 Å². The Bertz CT molecular complexity index is 1320. The summed E-state index contributed by atoms with van der Waals surface area (Å²) >= 11 is 1.70. The van der Waals surface area contributed by atoms with Gasteiger partial charge in [-0.2, -0.15) is 0 Å². The smallest absolute Gasteiger partial charge is 0.322 e. The highest BCUT2D eigenvalue weighted by Gasteiger charge is 2.35. The van der Waals surface area contributed by atoms with Gasteiger partial charge in [0, 0.05) is 27.7 Å². The molecule has 178 valence electrons. The van der Waals surface area contributed by atoms with Crippen molar-refractivity contribution in [1.82, 2.24) is 9.80 Å². The van der Waals surface area contributed by atoms with Gasteiger partial charge in [0.1, 0.15) is 6.54 Å². The van der Waals surface area contributed by atoms with Crippen molar-refractivity contribution >= 4 is 39.7 Å². The molecule has 5 rings (SSSR count). The van der Waals surface area contributed by atoms with E-state index in [1.54, 1.807) is 16.2 Å². The number of nitrogens with one attached hydrogen (secondary N) is 1. The van der Waals surface area contributed by atoms with Crippen LogP contribution in [0.15, 0.2) is 84.9 Å². The van der Waals surface area contributed by atoms with Gasteiger partial charge < -0.3 is 15.1 Å². The highest BCUT2D eigenvalue weighted by Crippen LogP contribution is 2.29. The number of hydrogen-bond acceptors (Lipinski definition) is 3. The third-order valence-electron chi connectivity index (χ3n) is 6.30. The number of amides is 3. The summed E-state index contributed by atoms with van der Waals surface area (Å²) in [5, 5.41) is 5.13. The van der Waals surface area contributed by atoms with Crippen molar-refractivity contribution in [2.45, 2.75) is 38.9 Å². The molecule has 3 aromatic carbocycles. The van der Waals surface area contributed by atoms with Crippen molar-refractivity contribution in [3.05, 3.63) is 100 Å².